The monoisotopic (exact) mass is 334 g/mol. The van der Waals surface area contributed by atoms with Crippen LogP contribution in [0.2, 0.25) is 0 Å². The van der Waals surface area contributed by atoms with E-state index in [-0.39, 0.29) is 6.61 Å². The maximum absolute atomic E-state index is 12.2. The molecule has 0 heterocycles. The van der Waals surface area contributed by atoms with Gasteiger partial charge in [0.05, 0.1) is 44.4 Å². The molecule has 0 aromatic carbocycles. The van der Waals surface area contributed by atoms with Crippen molar-refractivity contribution in [1.29, 1.82) is 0 Å². The Bertz CT molecular complexity index is 352. The molecular formula is C16H30O5S. The van der Waals surface area contributed by atoms with Crippen LogP contribution in [0, 0.1) is 0 Å². The third-order valence-corrected chi connectivity index (χ3v) is 4.43. The zero-order chi connectivity index (χ0) is 16.8. The summed E-state index contributed by atoms with van der Waals surface area (Å²) in [6.45, 7) is 12.5. The Morgan fingerprint density at radius 1 is 1.09 bits per heavy atom. The SMILES string of the molecule is C=CC(C)(CC=C(C)C)S(=O)OCCOCCOCCOC. The summed E-state index contributed by atoms with van der Waals surface area (Å²) in [5.74, 6) is 0. The van der Waals surface area contributed by atoms with Gasteiger partial charge in [0.15, 0.2) is 11.1 Å². The standard InChI is InChI=1S/C16H30O5S/c1-6-16(4,8-7-15(2)3)22(17)21-14-13-20-12-11-19-10-9-18-5/h6-7H,1,8-14H2,2-5H3. The molecule has 0 aliphatic carbocycles. The Hall–Kier alpha value is -0.530. The van der Waals surface area contributed by atoms with Crippen LogP contribution in [0.15, 0.2) is 24.3 Å². The lowest BCUT2D eigenvalue weighted by Crippen LogP contribution is -2.29. The van der Waals surface area contributed by atoms with Crippen molar-refractivity contribution in [2.45, 2.75) is 31.9 Å². The molecule has 6 heteroatoms. The van der Waals surface area contributed by atoms with Gasteiger partial charge >= 0.3 is 0 Å². The Labute approximate surface area is 137 Å². The van der Waals surface area contributed by atoms with Gasteiger partial charge in [0.25, 0.3) is 0 Å². The quantitative estimate of drug-likeness (QED) is 0.361. The van der Waals surface area contributed by atoms with Gasteiger partial charge in [0.1, 0.15) is 0 Å². The normalized spacial score (nSPS) is 15.1. The van der Waals surface area contributed by atoms with E-state index in [0.29, 0.717) is 39.5 Å². The summed E-state index contributed by atoms with van der Waals surface area (Å²) >= 11 is -1.44. The molecule has 22 heavy (non-hydrogen) atoms. The molecule has 0 radical (unpaired) electrons. The van der Waals surface area contributed by atoms with Crippen molar-refractivity contribution in [3.63, 3.8) is 0 Å². The number of hydrogen-bond acceptors (Lipinski definition) is 5. The fraction of sp³-hybridized carbons (Fsp3) is 0.750. The van der Waals surface area contributed by atoms with Gasteiger partial charge in [-0.2, -0.15) is 0 Å². The van der Waals surface area contributed by atoms with E-state index in [9.17, 15) is 4.21 Å². The molecule has 0 aromatic heterocycles. The molecule has 0 fully saturated rings. The molecule has 0 aliphatic rings. The first-order chi connectivity index (χ1) is 10.5. The van der Waals surface area contributed by atoms with Gasteiger partial charge in [-0.15, -0.1) is 6.58 Å². The van der Waals surface area contributed by atoms with E-state index in [2.05, 4.69) is 6.58 Å². The van der Waals surface area contributed by atoms with Crippen LogP contribution in [0.3, 0.4) is 0 Å². The number of methoxy groups -OCH3 is 1. The lowest BCUT2D eigenvalue weighted by atomic mass is 10.1. The minimum atomic E-state index is -1.44. The lowest BCUT2D eigenvalue weighted by molar-refractivity contribution is 0.0187. The smallest absolute Gasteiger partial charge is 0.165 e. The van der Waals surface area contributed by atoms with Crippen LogP contribution in [-0.2, 0) is 29.5 Å². The largest absolute Gasteiger partial charge is 0.382 e. The highest BCUT2D eigenvalue weighted by molar-refractivity contribution is 7.81. The molecule has 5 nitrogen and oxygen atoms in total. The summed E-state index contributed by atoms with van der Waals surface area (Å²) in [5.41, 5.74) is 1.18. The van der Waals surface area contributed by atoms with Gasteiger partial charge in [-0.1, -0.05) is 17.7 Å². The van der Waals surface area contributed by atoms with Crippen LogP contribution in [0.4, 0.5) is 0 Å². The van der Waals surface area contributed by atoms with E-state index in [1.807, 2.05) is 26.8 Å². The second kappa shape index (κ2) is 13.0. The highest BCUT2D eigenvalue weighted by atomic mass is 32.2. The summed E-state index contributed by atoms with van der Waals surface area (Å²) in [5, 5.41) is 0. The predicted molar refractivity (Wildman–Crippen MR) is 90.3 cm³/mol. The molecule has 0 saturated heterocycles. The molecule has 0 aromatic rings. The minimum Gasteiger partial charge on any atom is -0.382 e. The average molecular weight is 334 g/mol. The number of rotatable bonds is 14. The summed E-state index contributed by atoms with van der Waals surface area (Å²) in [4.78, 5) is 0. The number of allylic oxidation sites excluding steroid dienone is 2. The van der Waals surface area contributed by atoms with Crippen molar-refractivity contribution in [3.05, 3.63) is 24.3 Å². The number of hydrogen-bond donors (Lipinski definition) is 0. The predicted octanol–water partition coefficient (Wildman–Crippen LogP) is 2.65. The van der Waals surface area contributed by atoms with Gasteiger partial charge in [0, 0.05) is 7.11 Å². The molecule has 0 amide bonds. The molecule has 0 spiro atoms. The zero-order valence-corrected chi connectivity index (χ0v) is 15.1. The van der Waals surface area contributed by atoms with E-state index in [0.717, 1.165) is 0 Å². The third-order valence-electron chi connectivity index (χ3n) is 2.95. The summed E-state index contributed by atoms with van der Waals surface area (Å²) < 4.78 is 32.4. The maximum atomic E-state index is 12.2. The molecule has 0 rings (SSSR count). The second-order valence-corrected chi connectivity index (χ2v) is 6.91. The van der Waals surface area contributed by atoms with E-state index in [1.54, 1.807) is 13.2 Å². The first-order valence-corrected chi connectivity index (χ1v) is 8.50. The molecule has 2 atom stereocenters. The van der Waals surface area contributed by atoms with Crippen LogP contribution in [0.25, 0.3) is 0 Å². The highest BCUT2D eigenvalue weighted by Crippen LogP contribution is 2.22. The Morgan fingerprint density at radius 3 is 2.14 bits per heavy atom. The molecular weight excluding hydrogens is 304 g/mol. The first-order valence-electron chi connectivity index (χ1n) is 7.43. The van der Waals surface area contributed by atoms with E-state index < -0.39 is 15.8 Å². The van der Waals surface area contributed by atoms with Crippen molar-refractivity contribution in [2.75, 3.05) is 46.8 Å². The molecule has 0 N–H and O–H groups in total. The second-order valence-electron chi connectivity index (χ2n) is 5.28. The van der Waals surface area contributed by atoms with Crippen molar-refractivity contribution in [3.8, 4) is 0 Å². The molecule has 130 valence electrons. The Balaban J connectivity index is 3.82. The van der Waals surface area contributed by atoms with Crippen LogP contribution in [-0.4, -0.2) is 55.7 Å². The summed E-state index contributed by atoms with van der Waals surface area (Å²) in [7, 11) is 1.63. The molecule has 0 bridgehead atoms. The Kier molecular flexibility index (Phi) is 12.6. The van der Waals surface area contributed by atoms with Gasteiger partial charge in [-0.3, -0.25) is 4.18 Å². The van der Waals surface area contributed by atoms with Crippen molar-refractivity contribution in [2.24, 2.45) is 0 Å². The molecule has 0 aliphatic heterocycles. The number of ether oxygens (including phenoxy) is 3. The van der Waals surface area contributed by atoms with Crippen LogP contribution >= 0.6 is 0 Å². The zero-order valence-electron chi connectivity index (χ0n) is 14.3. The lowest BCUT2D eigenvalue weighted by Gasteiger charge is -2.22. The maximum Gasteiger partial charge on any atom is 0.165 e. The third kappa shape index (κ3) is 10.2. The van der Waals surface area contributed by atoms with Crippen LogP contribution < -0.4 is 0 Å². The Morgan fingerprint density at radius 2 is 1.64 bits per heavy atom. The van der Waals surface area contributed by atoms with Crippen molar-refractivity contribution >= 4 is 11.1 Å². The summed E-state index contributed by atoms with van der Waals surface area (Å²) in [6.07, 6.45) is 4.36. The highest BCUT2D eigenvalue weighted by Gasteiger charge is 2.28. The fourth-order valence-corrected chi connectivity index (χ4v) is 2.24. The minimum absolute atomic E-state index is 0.281. The van der Waals surface area contributed by atoms with Gasteiger partial charge in [0.2, 0.25) is 0 Å². The average Bonchev–Trinajstić information content (AvgIpc) is 2.50. The van der Waals surface area contributed by atoms with E-state index in [4.69, 9.17) is 18.4 Å². The van der Waals surface area contributed by atoms with Gasteiger partial charge in [-0.05, 0) is 27.2 Å². The first kappa shape index (κ1) is 21.5. The topological polar surface area (TPSA) is 54.0 Å². The van der Waals surface area contributed by atoms with Crippen LogP contribution in [0.5, 0.6) is 0 Å². The fourth-order valence-electron chi connectivity index (χ4n) is 1.39. The van der Waals surface area contributed by atoms with Gasteiger partial charge < -0.3 is 14.2 Å². The van der Waals surface area contributed by atoms with E-state index in [1.165, 1.54) is 5.57 Å². The molecule has 2 unspecified atom stereocenters. The van der Waals surface area contributed by atoms with E-state index >= 15 is 0 Å². The van der Waals surface area contributed by atoms with Crippen molar-refractivity contribution in [1.82, 2.24) is 0 Å². The van der Waals surface area contributed by atoms with Crippen molar-refractivity contribution < 1.29 is 22.6 Å². The van der Waals surface area contributed by atoms with Gasteiger partial charge in [-0.25, -0.2) is 4.21 Å². The summed E-state index contributed by atoms with van der Waals surface area (Å²) in [6, 6.07) is 0. The van der Waals surface area contributed by atoms with Crippen LogP contribution in [0.1, 0.15) is 27.2 Å². The molecule has 0 saturated carbocycles.